The van der Waals surface area contributed by atoms with Gasteiger partial charge in [0.25, 0.3) is 5.91 Å². The first-order valence-electron chi connectivity index (χ1n) is 6.42. The van der Waals surface area contributed by atoms with Gasteiger partial charge in [0, 0.05) is 0 Å². The van der Waals surface area contributed by atoms with Gasteiger partial charge in [0.1, 0.15) is 6.61 Å². The molecular formula is C15H17NO3. The number of imide groups is 1. The van der Waals surface area contributed by atoms with E-state index in [0.29, 0.717) is 6.42 Å². The largest absolute Gasteiger partial charge is 0.447 e. The Balaban J connectivity index is 2.09. The van der Waals surface area contributed by atoms with Crippen molar-refractivity contribution in [2.24, 2.45) is 0 Å². The molecule has 1 aromatic rings. The number of carbonyl (C=O) groups is 2. The topological polar surface area (TPSA) is 46.6 Å². The maximum Gasteiger partial charge on any atom is 0.417 e. The van der Waals surface area contributed by atoms with Crippen LogP contribution in [0.2, 0.25) is 0 Å². The number of rotatable bonds is 4. The Morgan fingerprint density at radius 2 is 2.16 bits per heavy atom. The van der Waals surface area contributed by atoms with Gasteiger partial charge in [-0.15, -0.1) is 0 Å². The zero-order valence-electron chi connectivity index (χ0n) is 10.9. The summed E-state index contributed by atoms with van der Waals surface area (Å²) in [6, 6.07) is 9.56. The number of cyclic esters (lactones) is 1. The average Bonchev–Trinajstić information content (AvgIpc) is 2.78. The Morgan fingerprint density at radius 1 is 1.42 bits per heavy atom. The van der Waals surface area contributed by atoms with Crippen molar-refractivity contribution in [1.29, 1.82) is 0 Å². The third kappa shape index (κ3) is 3.22. The molecule has 1 aromatic carbocycles. The summed E-state index contributed by atoms with van der Waals surface area (Å²) in [5.74, 6) is -0.301. The average molecular weight is 259 g/mol. The van der Waals surface area contributed by atoms with Crippen LogP contribution in [0.5, 0.6) is 0 Å². The van der Waals surface area contributed by atoms with Gasteiger partial charge in [-0.2, -0.15) is 0 Å². The van der Waals surface area contributed by atoms with Crippen molar-refractivity contribution >= 4 is 12.0 Å². The van der Waals surface area contributed by atoms with Gasteiger partial charge in [0.2, 0.25) is 0 Å². The minimum absolute atomic E-state index is 0.219. The van der Waals surface area contributed by atoms with Crippen LogP contribution >= 0.6 is 0 Å². The molecule has 1 fully saturated rings. The molecule has 0 N–H and O–H groups in total. The first kappa shape index (κ1) is 13.3. The Labute approximate surface area is 112 Å². The SMILES string of the molecule is CC/C=C/C(=O)N1C(=O)OCC1Cc1ccccc1. The van der Waals surface area contributed by atoms with E-state index in [2.05, 4.69) is 0 Å². The van der Waals surface area contributed by atoms with Crippen LogP contribution in [0.25, 0.3) is 0 Å². The van der Waals surface area contributed by atoms with Crippen LogP contribution in [-0.4, -0.2) is 29.5 Å². The van der Waals surface area contributed by atoms with E-state index in [-0.39, 0.29) is 18.6 Å². The number of benzene rings is 1. The van der Waals surface area contributed by atoms with Gasteiger partial charge in [-0.25, -0.2) is 9.69 Å². The second-order valence-corrected chi connectivity index (χ2v) is 4.44. The van der Waals surface area contributed by atoms with Crippen molar-refractivity contribution < 1.29 is 14.3 Å². The highest BCUT2D eigenvalue weighted by Gasteiger charge is 2.36. The molecule has 0 saturated carbocycles. The van der Waals surface area contributed by atoms with Crippen LogP contribution in [0.1, 0.15) is 18.9 Å². The van der Waals surface area contributed by atoms with Gasteiger partial charge in [-0.1, -0.05) is 43.3 Å². The highest BCUT2D eigenvalue weighted by molar-refractivity contribution is 5.99. The molecule has 1 atom stereocenters. The van der Waals surface area contributed by atoms with Crippen LogP contribution in [-0.2, 0) is 16.0 Å². The lowest BCUT2D eigenvalue weighted by Gasteiger charge is -2.17. The Hall–Kier alpha value is -2.10. The molecule has 0 spiro atoms. The van der Waals surface area contributed by atoms with Gasteiger partial charge < -0.3 is 4.74 Å². The lowest BCUT2D eigenvalue weighted by Crippen LogP contribution is -2.39. The molecule has 4 nitrogen and oxygen atoms in total. The lowest BCUT2D eigenvalue weighted by atomic mass is 10.1. The second-order valence-electron chi connectivity index (χ2n) is 4.44. The fourth-order valence-electron chi connectivity index (χ4n) is 2.07. The molecule has 2 rings (SSSR count). The maximum absolute atomic E-state index is 12.0. The highest BCUT2D eigenvalue weighted by Crippen LogP contribution is 2.17. The molecule has 100 valence electrons. The fraction of sp³-hybridized carbons (Fsp3) is 0.333. The zero-order valence-corrected chi connectivity index (χ0v) is 10.9. The smallest absolute Gasteiger partial charge is 0.417 e. The molecule has 1 heterocycles. The first-order valence-corrected chi connectivity index (χ1v) is 6.42. The highest BCUT2D eigenvalue weighted by atomic mass is 16.6. The van der Waals surface area contributed by atoms with Crippen LogP contribution < -0.4 is 0 Å². The minimum Gasteiger partial charge on any atom is -0.447 e. The predicted octanol–water partition coefficient (Wildman–Crippen LogP) is 2.54. The summed E-state index contributed by atoms with van der Waals surface area (Å²) in [5.41, 5.74) is 1.09. The van der Waals surface area contributed by atoms with E-state index in [1.54, 1.807) is 6.08 Å². The van der Waals surface area contributed by atoms with E-state index in [0.717, 1.165) is 12.0 Å². The van der Waals surface area contributed by atoms with Crippen LogP contribution in [0.4, 0.5) is 4.79 Å². The normalized spacial score (nSPS) is 18.9. The number of hydrogen-bond acceptors (Lipinski definition) is 3. The van der Waals surface area contributed by atoms with E-state index in [1.165, 1.54) is 11.0 Å². The summed E-state index contributed by atoms with van der Waals surface area (Å²) in [5, 5.41) is 0. The third-order valence-corrected chi connectivity index (χ3v) is 3.01. The molecule has 2 amide bonds. The number of hydrogen-bond donors (Lipinski definition) is 0. The zero-order chi connectivity index (χ0) is 13.7. The molecule has 4 heteroatoms. The number of amides is 2. The van der Waals surface area contributed by atoms with Crippen molar-refractivity contribution in [1.82, 2.24) is 4.90 Å². The van der Waals surface area contributed by atoms with E-state index in [9.17, 15) is 9.59 Å². The minimum atomic E-state index is -0.549. The van der Waals surface area contributed by atoms with E-state index < -0.39 is 6.09 Å². The molecule has 0 aromatic heterocycles. The summed E-state index contributed by atoms with van der Waals surface area (Å²) in [6.07, 6.45) is 4.01. The van der Waals surface area contributed by atoms with Crippen molar-refractivity contribution in [3.05, 3.63) is 48.0 Å². The molecule has 0 radical (unpaired) electrons. The first-order chi connectivity index (χ1) is 9.22. The quantitative estimate of drug-likeness (QED) is 0.781. The second kappa shape index (κ2) is 6.18. The van der Waals surface area contributed by atoms with Gasteiger partial charge >= 0.3 is 6.09 Å². The van der Waals surface area contributed by atoms with Crippen molar-refractivity contribution in [3.63, 3.8) is 0 Å². The maximum atomic E-state index is 12.0. The van der Waals surface area contributed by atoms with Gasteiger partial charge in [0.05, 0.1) is 6.04 Å². The molecule has 1 saturated heterocycles. The number of carbonyl (C=O) groups excluding carboxylic acids is 2. The summed E-state index contributed by atoms with van der Waals surface area (Å²) in [6.45, 7) is 2.20. The fourth-order valence-corrected chi connectivity index (χ4v) is 2.07. The van der Waals surface area contributed by atoms with E-state index in [1.807, 2.05) is 37.3 Å². The van der Waals surface area contributed by atoms with E-state index in [4.69, 9.17) is 4.74 Å². The molecule has 1 aliphatic heterocycles. The van der Waals surface area contributed by atoms with Gasteiger partial charge in [-0.05, 0) is 24.5 Å². The van der Waals surface area contributed by atoms with Crippen molar-refractivity contribution in [2.75, 3.05) is 6.61 Å². The molecule has 0 aliphatic carbocycles. The van der Waals surface area contributed by atoms with Crippen LogP contribution in [0.15, 0.2) is 42.5 Å². The van der Waals surface area contributed by atoms with Crippen molar-refractivity contribution in [2.45, 2.75) is 25.8 Å². The standard InChI is InChI=1S/C15H17NO3/c1-2-3-9-14(17)16-13(11-19-15(16)18)10-12-7-5-4-6-8-12/h3-9,13H,2,10-11H2,1H3/b9-3+. The molecule has 1 unspecified atom stereocenters. The van der Waals surface area contributed by atoms with E-state index >= 15 is 0 Å². The number of nitrogens with zero attached hydrogens (tertiary/aromatic N) is 1. The van der Waals surface area contributed by atoms with Gasteiger partial charge in [0.15, 0.2) is 0 Å². The molecule has 1 aliphatic rings. The summed E-state index contributed by atoms with van der Waals surface area (Å²) in [7, 11) is 0. The summed E-state index contributed by atoms with van der Waals surface area (Å²) < 4.78 is 4.98. The molecule has 0 bridgehead atoms. The Kier molecular flexibility index (Phi) is 4.34. The number of allylic oxidation sites excluding steroid dienone is 1. The summed E-state index contributed by atoms with van der Waals surface area (Å²) in [4.78, 5) is 24.8. The predicted molar refractivity (Wildman–Crippen MR) is 71.6 cm³/mol. The Morgan fingerprint density at radius 3 is 2.84 bits per heavy atom. The van der Waals surface area contributed by atoms with Crippen LogP contribution in [0.3, 0.4) is 0 Å². The van der Waals surface area contributed by atoms with Gasteiger partial charge in [-0.3, -0.25) is 4.79 Å². The number of ether oxygens (including phenoxy) is 1. The molecule has 19 heavy (non-hydrogen) atoms. The molecular weight excluding hydrogens is 242 g/mol. The van der Waals surface area contributed by atoms with Crippen molar-refractivity contribution in [3.8, 4) is 0 Å². The van der Waals surface area contributed by atoms with Crippen LogP contribution in [0, 0.1) is 0 Å². The summed E-state index contributed by atoms with van der Waals surface area (Å²) >= 11 is 0. The lowest BCUT2D eigenvalue weighted by molar-refractivity contribution is -0.124. The third-order valence-electron chi connectivity index (χ3n) is 3.01. The monoisotopic (exact) mass is 259 g/mol. The Bertz CT molecular complexity index is 481.